The lowest BCUT2D eigenvalue weighted by atomic mass is 10.0. The number of carbonyl (C=O) groups excluding carboxylic acids is 1. The molecular formula is C14H15FN2O. The molecule has 0 unspecified atom stereocenters. The molecule has 0 spiro atoms. The molecule has 0 aliphatic rings. The molecule has 1 aromatic heterocycles. The van der Waals surface area contributed by atoms with E-state index in [1.807, 2.05) is 6.92 Å². The van der Waals surface area contributed by atoms with Gasteiger partial charge in [-0.05, 0) is 37.1 Å². The highest BCUT2D eigenvalue weighted by Crippen LogP contribution is 2.16. The van der Waals surface area contributed by atoms with Crippen molar-refractivity contribution in [3.63, 3.8) is 0 Å². The number of aromatic nitrogens is 2. The van der Waals surface area contributed by atoms with Gasteiger partial charge >= 0.3 is 0 Å². The van der Waals surface area contributed by atoms with Crippen molar-refractivity contribution in [2.45, 2.75) is 20.3 Å². The molecule has 1 heterocycles. The number of hydrogen-bond donors (Lipinski definition) is 0. The van der Waals surface area contributed by atoms with E-state index in [4.69, 9.17) is 0 Å². The molecule has 0 amide bonds. The Hall–Kier alpha value is -1.97. The molecule has 18 heavy (non-hydrogen) atoms. The number of ketones is 1. The second-order valence-corrected chi connectivity index (χ2v) is 4.29. The molecule has 94 valence electrons. The van der Waals surface area contributed by atoms with Gasteiger partial charge < -0.3 is 0 Å². The van der Waals surface area contributed by atoms with Crippen molar-refractivity contribution in [3.8, 4) is 0 Å². The molecular weight excluding hydrogens is 231 g/mol. The number of hydrogen-bond acceptors (Lipinski definition) is 2. The summed E-state index contributed by atoms with van der Waals surface area (Å²) in [7, 11) is 1.72. The van der Waals surface area contributed by atoms with Gasteiger partial charge in [0.05, 0.1) is 5.69 Å². The smallest absolute Gasteiger partial charge is 0.211 e. The lowest BCUT2D eigenvalue weighted by molar-refractivity contribution is 0.102. The van der Waals surface area contributed by atoms with E-state index in [2.05, 4.69) is 5.10 Å². The van der Waals surface area contributed by atoms with Crippen LogP contribution in [0.4, 0.5) is 4.39 Å². The molecule has 1 aromatic carbocycles. The molecule has 0 radical (unpaired) electrons. The Morgan fingerprint density at radius 3 is 2.72 bits per heavy atom. The van der Waals surface area contributed by atoms with E-state index in [0.29, 0.717) is 11.3 Å². The number of nitrogens with zero attached hydrogens (tertiary/aromatic N) is 2. The predicted molar refractivity (Wildman–Crippen MR) is 67.2 cm³/mol. The fourth-order valence-electron chi connectivity index (χ4n) is 1.89. The molecule has 2 aromatic rings. The average Bonchev–Trinajstić information content (AvgIpc) is 2.73. The van der Waals surface area contributed by atoms with Crippen LogP contribution in [0.2, 0.25) is 0 Å². The van der Waals surface area contributed by atoms with Crippen molar-refractivity contribution in [2.75, 3.05) is 0 Å². The fourth-order valence-corrected chi connectivity index (χ4v) is 1.89. The fraction of sp³-hybridized carbons (Fsp3) is 0.286. The van der Waals surface area contributed by atoms with Crippen molar-refractivity contribution in [1.82, 2.24) is 9.78 Å². The van der Waals surface area contributed by atoms with Crippen LogP contribution < -0.4 is 0 Å². The first-order chi connectivity index (χ1) is 8.52. The van der Waals surface area contributed by atoms with Crippen molar-refractivity contribution < 1.29 is 9.18 Å². The maximum Gasteiger partial charge on any atom is 0.211 e. The lowest BCUT2D eigenvalue weighted by Crippen LogP contribution is -2.10. The molecule has 3 nitrogen and oxygen atoms in total. The highest BCUT2D eigenvalue weighted by atomic mass is 19.1. The second kappa shape index (κ2) is 4.72. The largest absolute Gasteiger partial charge is 0.287 e. The SMILES string of the molecule is CCc1cc(C(=O)c2cc(F)ccc2C)n(C)n1. The Balaban J connectivity index is 2.47. The second-order valence-electron chi connectivity index (χ2n) is 4.29. The molecule has 0 atom stereocenters. The van der Waals surface area contributed by atoms with Gasteiger partial charge in [-0.2, -0.15) is 5.10 Å². The molecule has 4 heteroatoms. The van der Waals surface area contributed by atoms with Gasteiger partial charge in [0, 0.05) is 12.6 Å². The van der Waals surface area contributed by atoms with Gasteiger partial charge in [0.25, 0.3) is 0 Å². The minimum atomic E-state index is -0.401. The van der Waals surface area contributed by atoms with Crippen LogP contribution in [0.1, 0.15) is 34.2 Å². The van der Waals surface area contributed by atoms with Crippen LogP contribution in [0, 0.1) is 12.7 Å². The molecule has 0 saturated carbocycles. The van der Waals surface area contributed by atoms with Gasteiger partial charge in [-0.25, -0.2) is 4.39 Å². The van der Waals surface area contributed by atoms with Crippen LogP contribution in [0.25, 0.3) is 0 Å². The van der Waals surface area contributed by atoms with E-state index in [0.717, 1.165) is 17.7 Å². The first kappa shape index (κ1) is 12.5. The highest BCUT2D eigenvalue weighted by Gasteiger charge is 2.17. The predicted octanol–water partition coefficient (Wildman–Crippen LogP) is 2.66. The van der Waals surface area contributed by atoms with Crippen LogP contribution in [0.5, 0.6) is 0 Å². The zero-order chi connectivity index (χ0) is 13.3. The summed E-state index contributed by atoms with van der Waals surface area (Å²) in [6, 6.07) is 6.00. The van der Waals surface area contributed by atoms with Crippen LogP contribution in [0.3, 0.4) is 0 Å². The molecule has 0 aliphatic heterocycles. The summed E-state index contributed by atoms with van der Waals surface area (Å²) in [6.07, 6.45) is 0.767. The number of carbonyl (C=O) groups is 1. The zero-order valence-corrected chi connectivity index (χ0v) is 10.7. The van der Waals surface area contributed by atoms with E-state index >= 15 is 0 Å². The monoisotopic (exact) mass is 246 g/mol. The summed E-state index contributed by atoms with van der Waals surface area (Å²) in [4.78, 5) is 12.3. The number of benzene rings is 1. The Morgan fingerprint density at radius 2 is 2.11 bits per heavy atom. The van der Waals surface area contributed by atoms with Crippen molar-refractivity contribution in [1.29, 1.82) is 0 Å². The van der Waals surface area contributed by atoms with Gasteiger partial charge in [0.1, 0.15) is 11.5 Å². The highest BCUT2D eigenvalue weighted by molar-refractivity contribution is 6.08. The van der Waals surface area contributed by atoms with Crippen molar-refractivity contribution in [2.24, 2.45) is 7.05 Å². The van der Waals surface area contributed by atoms with Crippen LogP contribution in [0.15, 0.2) is 24.3 Å². The molecule has 0 fully saturated rings. The molecule has 2 rings (SSSR count). The third-order valence-corrected chi connectivity index (χ3v) is 2.97. The Labute approximate surface area is 105 Å². The van der Waals surface area contributed by atoms with E-state index in [1.54, 1.807) is 30.8 Å². The number of aryl methyl sites for hydroxylation is 3. The minimum Gasteiger partial charge on any atom is -0.287 e. The Morgan fingerprint density at radius 1 is 1.39 bits per heavy atom. The molecule has 0 saturated heterocycles. The average molecular weight is 246 g/mol. The van der Waals surface area contributed by atoms with Crippen LogP contribution >= 0.6 is 0 Å². The summed E-state index contributed by atoms with van der Waals surface area (Å²) in [5.74, 6) is -0.594. The Kier molecular flexibility index (Phi) is 3.28. The van der Waals surface area contributed by atoms with Gasteiger partial charge in [-0.3, -0.25) is 9.48 Å². The van der Waals surface area contributed by atoms with Crippen molar-refractivity contribution >= 4 is 5.78 Å². The summed E-state index contributed by atoms with van der Waals surface area (Å²) in [5.41, 5.74) is 2.50. The summed E-state index contributed by atoms with van der Waals surface area (Å²) >= 11 is 0. The van der Waals surface area contributed by atoms with Gasteiger partial charge in [-0.1, -0.05) is 13.0 Å². The van der Waals surface area contributed by atoms with Crippen LogP contribution in [-0.4, -0.2) is 15.6 Å². The third kappa shape index (κ3) is 2.18. The van der Waals surface area contributed by atoms with E-state index in [1.165, 1.54) is 12.1 Å². The maximum atomic E-state index is 13.2. The van der Waals surface area contributed by atoms with E-state index in [-0.39, 0.29) is 5.78 Å². The lowest BCUT2D eigenvalue weighted by Gasteiger charge is -2.05. The van der Waals surface area contributed by atoms with Gasteiger partial charge in [-0.15, -0.1) is 0 Å². The standard InChI is InChI=1S/C14H15FN2O/c1-4-11-8-13(17(3)16-11)14(18)12-7-10(15)6-5-9(12)2/h5-8H,4H2,1-3H3. The summed E-state index contributed by atoms with van der Waals surface area (Å²) < 4.78 is 14.8. The first-order valence-corrected chi connectivity index (χ1v) is 5.86. The zero-order valence-electron chi connectivity index (χ0n) is 10.7. The number of halogens is 1. The molecule has 0 aliphatic carbocycles. The molecule has 0 N–H and O–H groups in total. The minimum absolute atomic E-state index is 0.193. The first-order valence-electron chi connectivity index (χ1n) is 5.86. The normalized spacial score (nSPS) is 10.7. The number of rotatable bonds is 3. The van der Waals surface area contributed by atoms with E-state index in [9.17, 15) is 9.18 Å². The summed E-state index contributed by atoms with van der Waals surface area (Å²) in [5, 5.41) is 4.23. The third-order valence-electron chi connectivity index (χ3n) is 2.97. The van der Waals surface area contributed by atoms with Crippen molar-refractivity contribution in [3.05, 3.63) is 52.6 Å². The molecule has 0 bridgehead atoms. The maximum absolute atomic E-state index is 13.2. The van der Waals surface area contributed by atoms with E-state index < -0.39 is 5.82 Å². The van der Waals surface area contributed by atoms with Gasteiger partial charge in [0.15, 0.2) is 0 Å². The Bertz CT molecular complexity index is 602. The topological polar surface area (TPSA) is 34.9 Å². The quantitative estimate of drug-likeness (QED) is 0.780. The van der Waals surface area contributed by atoms with Crippen LogP contribution in [-0.2, 0) is 13.5 Å². The van der Waals surface area contributed by atoms with Gasteiger partial charge in [0.2, 0.25) is 5.78 Å². The summed E-state index contributed by atoms with van der Waals surface area (Å²) in [6.45, 7) is 3.77.